The zero-order chi connectivity index (χ0) is 13.7. The number of carbonyl (C=O) groups is 1. The number of esters is 1. The first-order chi connectivity index (χ1) is 8.53. The summed E-state index contributed by atoms with van der Waals surface area (Å²) in [7, 11) is 2.93. The molecule has 0 aromatic heterocycles. The maximum atomic E-state index is 11.5. The Bertz CT molecular complexity index is 434. The topological polar surface area (TPSA) is 47.6 Å². The van der Waals surface area contributed by atoms with E-state index in [9.17, 15) is 4.79 Å². The van der Waals surface area contributed by atoms with Crippen LogP contribution < -0.4 is 10.1 Å². The van der Waals surface area contributed by atoms with E-state index in [0.717, 1.165) is 11.3 Å². The normalized spacial score (nSPS) is 11.8. The van der Waals surface area contributed by atoms with Gasteiger partial charge in [-0.3, -0.25) is 0 Å². The minimum absolute atomic E-state index is 0.299. The highest BCUT2D eigenvalue weighted by Gasteiger charge is 2.18. The minimum Gasteiger partial charge on any atom is -0.495 e. The van der Waals surface area contributed by atoms with Crippen molar-refractivity contribution in [2.24, 2.45) is 0 Å². The molecule has 1 aromatic carbocycles. The van der Waals surface area contributed by atoms with Crippen molar-refractivity contribution in [3.8, 4) is 5.75 Å². The molecule has 1 unspecified atom stereocenters. The summed E-state index contributed by atoms with van der Waals surface area (Å²) in [4.78, 5) is 11.5. The van der Waals surface area contributed by atoms with E-state index in [4.69, 9.17) is 21.1 Å². The van der Waals surface area contributed by atoms with Crippen LogP contribution in [0.2, 0.25) is 5.02 Å². The van der Waals surface area contributed by atoms with Gasteiger partial charge in [-0.1, -0.05) is 18.5 Å². The number of hydrogen-bond donors (Lipinski definition) is 1. The Hall–Kier alpha value is -1.42. The van der Waals surface area contributed by atoms with Gasteiger partial charge in [0, 0.05) is 11.1 Å². The van der Waals surface area contributed by atoms with Gasteiger partial charge in [0.2, 0.25) is 0 Å². The lowest BCUT2D eigenvalue weighted by atomic mass is 10.1. The van der Waals surface area contributed by atoms with Gasteiger partial charge in [-0.15, -0.1) is 0 Å². The first kappa shape index (κ1) is 14.6. The van der Waals surface area contributed by atoms with Gasteiger partial charge >= 0.3 is 5.97 Å². The number of aryl methyl sites for hydroxylation is 1. The molecule has 0 aliphatic carbocycles. The highest BCUT2D eigenvalue weighted by Crippen LogP contribution is 2.31. The quantitative estimate of drug-likeness (QED) is 0.837. The molecule has 5 heteroatoms. The Balaban J connectivity index is 3.01. The van der Waals surface area contributed by atoms with Gasteiger partial charge in [-0.2, -0.15) is 0 Å². The Morgan fingerprint density at radius 1 is 1.44 bits per heavy atom. The average Bonchev–Trinajstić information content (AvgIpc) is 2.38. The molecule has 0 heterocycles. The third-order valence-corrected chi connectivity index (χ3v) is 3.11. The highest BCUT2D eigenvalue weighted by molar-refractivity contribution is 6.31. The summed E-state index contributed by atoms with van der Waals surface area (Å²) in [6.45, 7) is 3.80. The largest absolute Gasteiger partial charge is 0.495 e. The van der Waals surface area contributed by atoms with Crippen LogP contribution in [-0.2, 0) is 9.53 Å². The molecule has 0 spiro atoms. The summed E-state index contributed by atoms with van der Waals surface area (Å²) in [5, 5.41) is 3.74. The van der Waals surface area contributed by atoms with Crippen LogP contribution >= 0.6 is 11.6 Å². The van der Waals surface area contributed by atoms with Crippen molar-refractivity contribution < 1.29 is 14.3 Å². The lowest BCUT2D eigenvalue weighted by Crippen LogP contribution is -2.30. The lowest BCUT2D eigenvalue weighted by molar-refractivity contribution is -0.141. The first-order valence-corrected chi connectivity index (χ1v) is 6.09. The van der Waals surface area contributed by atoms with E-state index in [1.807, 2.05) is 19.9 Å². The van der Waals surface area contributed by atoms with Gasteiger partial charge in [-0.05, 0) is 25.0 Å². The first-order valence-electron chi connectivity index (χ1n) is 5.72. The molecule has 18 heavy (non-hydrogen) atoms. The molecule has 0 saturated heterocycles. The second-order valence-electron chi connectivity index (χ2n) is 3.93. The lowest BCUT2D eigenvalue weighted by Gasteiger charge is -2.18. The Morgan fingerprint density at radius 2 is 2.11 bits per heavy atom. The Labute approximate surface area is 112 Å². The number of carbonyl (C=O) groups excluding carboxylic acids is 1. The minimum atomic E-state index is -0.399. The fraction of sp³-hybridized carbons (Fsp3) is 0.462. The molecule has 0 fully saturated rings. The monoisotopic (exact) mass is 271 g/mol. The van der Waals surface area contributed by atoms with E-state index in [0.29, 0.717) is 17.2 Å². The van der Waals surface area contributed by atoms with E-state index < -0.39 is 6.04 Å². The summed E-state index contributed by atoms with van der Waals surface area (Å²) in [5.41, 5.74) is 1.65. The second-order valence-corrected chi connectivity index (χ2v) is 4.34. The van der Waals surface area contributed by atoms with Crippen LogP contribution in [0.15, 0.2) is 12.1 Å². The van der Waals surface area contributed by atoms with E-state index in [2.05, 4.69) is 5.32 Å². The number of hydrogen-bond acceptors (Lipinski definition) is 4. The molecule has 1 atom stereocenters. The average molecular weight is 272 g/mol. The molecular formula is C13H18ClNO3. The van der Waals surface area contributed by atoms with Crippen LogP contribution in [0.25, 0.3) is 0 Å². The predicted octanol–water partition coefficient (Wildman–Crippen LogP) is 3.02. The van der Waals surface area contributed by atoms with Gasteiger partial charge in [0.15, 0.2) is 0 Å². The molecule has 1 aromatic rings. The van der Waals surface area contributed by atoms with Crippen LogP contribution in [0.4, 0.5) is 5.69 Å². The van der Waals surface area contributed by atoms with E-state index in [1.165, 1.54) is 7.11 Å². The second kappa shape index (κ2) is 6.50. The molecule has 4 nitrogen and oxygen atoms in total. The fourth-order valence-electron chi connectivity index (χ4n) is 1.60. The SMILES string of the molecule is CCC(Nc1cc(C)c(Cl)cc1OC)C(=O)OC. The van der Waals surface area contributed by atoms with Gasteiger partial charge in [-0.25, -0.2) is 4.79 Å². The zero-order valence-electron chi connectivity index (χ0n) is 11.0. The molecule has 0 bridgehead atoms. The van der Waals surface area contributed by atoms with Crippen LogP contribution in [0, 0.1) is 6.92 Å². The predicted molar refractivity (Wildman–Crippen MR) is 72.5 cm³/mol. The summed E-state index contributed by atoms with van der Waals surface area (Å²) in [5.74, 6) is 0.306. The third-order valence-electron chi connectivity index (χ3n) is 2.70. The van der Waals surface area contributed by atoms with E-state index >= 15 is 0 Å². The Kier molecular flexibility index (Phi) is 5.28. The molecule has 0 aliphatic rings. The molecule has 1 rings (SSSR count). The number of anilines is 1. The van der Waals surface area contributed by atoms with Crippen molar-refractivity contribution in [3.63, 3.8) is 0 Å². The number of ether oxygens (including phenoxy) is 2. The molecular weight excluding hydrogens is 254 g/mol. The number of methoxy groups -OCH3 is 2. The van der Waals surface area contributed by atoms with Gasteiger partial charge in [0.05, 0.1) is 19.9 Å². The van der Waals surface area contributed by atoms with Gasteiger partial charge in [0.1, 0.15) is 11.8 Å². The molecule has 0 saturated carbocycles. The van der Waals surface area contributed by atoms with Crippen LogP contribution in [-0.4, -0.2) is 26.2 Å². The Morgan fingerprint density at radius 3 is 2.61 bits per heavy atom. The third kappa shape index (κ3) is 3.29. The standard InChI is InChI=1S/C13H18ClNO3/c1-5-10(13(16)18-4)15-11-6-8(2)9(14)7-12(11)17-3/h6-7,10,15H,5H2,1-4H3. The van der Waals surface area contributed by atoms with Crippen molar-refractivity contribution in [3.05, 3.63) is 22.7 Å². The summed E-state index contributed by atoms with van der Waals surface area (Å²) in [6, 6.07) is 3.18. The van der Waals surface area contributed by atoms with E-state index in [-0.39, 0.29) is 5.97 Å². The van der Waals surface area contributed by atoms with Crippen LogP contribution in [0.1, 0.15) is 18.9 Å². The van der Waals surface area contributed by atoms with Crippen LogP contribution in [0.3, 0.4) is 0 Å². The van der Waals surface area contributed by atoms with Crippen molar-refractivity contribution >= 4 is 23.3 Å². The summed E-state index contributed by atoms with van der Waals surface area (Å²) >= 11 is 6.03. The molecule has 0 amide bonds. The van der Waals surface area contributed by atoms with Crippen molar-refractivity contribution in [1.29, 1.82) is 0 Å². The van der Waals surface area contributed by atoms with Gasteiger partial charge in [0.25, 0.3) is 0 Å². The van der Waals surface area contributed by atoms with Crippen molar-refractivity contribution in [1.82, 2.24) is 0 Å². The number of rotatable bonds is 5. The summed E-state index contributed by atoms with van der Waals surface area (Å²) < 4.78 is 9.98. The molecule has 100 valence electrons. The highest BCUT2D eigenvalue weighted by atomic mass is 35.5. The van der Waals surface area contributed by atoms with Crippen molar-refractivity contribution in [2.75, 3.05) is 19.5 Å². The molecule has 0 radical (unpaired) electrons. The fourth-order valence-corrected chi connectivity index (χ4v) is 1.76. The molecule has 1 N–H and O–H groups in total. The number of halogens is 1. The zero-order valence-corrected chi connectivity index (χ0v) is 11.8. The van der Waals surface area contributed by atoms with Crippen molar-refractivity contribution in [2.45, 2.75) is 26.3 Å². The molecule has 0 aliphatic heterocycles. The number of nitrogens with one attached hydrogen (secondary N) is 1. The maximum absolute atomic E-state index is 11.5. The smallest absolute Gasteiger partial charge is 0.328 e. The van der Waals surface area contributed by atoms with E-state index in [1.54, 1.807) is 13.2 Å². The van der Waals surface area contributed by atoms with Crippen LogP contribution in [0.5, 0.6) is 5.75 Å². The maximum Gasteiger partial charge on any atom is 0.328 e. The van der Waals surface area contributed by atoms with Gasteiger partial charge < -0.3 is 14.8 Å². The summed E-state index contributed by atoms with van der Waals surface area (Å²) in [6.07, 6.45) is 0.623. The number of benzene rings is 1.